The third-order valence-corrected chi connectivity index (χ3v) is 4.67. The number of halogens is 1. The number of hydrogen-bond acceptors (Lipinski definition) is 5. The monoisotopic (exact) mass is 302 g/mol. The lowest BCUT2D eigenvalue weighted by Crippen LogP contribution is -2.15. The van der Waals surface area contributed by atoms with E-state index in [1.54, 1.807) is 12.3 Å². The Kier molecular flexibility index (Phi) is 3.83. The molecule has 0 aliphatic rings. The number of benzene rings is 1. The highest BCUT2D eigenvalue weighted by atomic mass is 32.2. The van der Waals surface area contributed by atoms with Crippen LogP contribution in [0.25, 0.3) is 0 Å². The van der Waals surface area contributed by atoms with Gasteiger partial charge >= 0.3 is 0 Å². The largest absolute Gasteiger partial charge is 0.392 e. The maximum Gasteiger partial charge on any atom is 0.266 e. The number of sulfonamides is 1. The van der Waals surface area contributed by atoms with E-state index in [0.717, 1.165) is 23.5 Å². The van der Waals surface area contributed by atoms with Gasteiger partial charge in [0.05, 0.1) is 12.3 Å². The first-order valence-electron chi connectivity index (χ1n) is 5.26. The molecule has 5 nitrogen and oxygen atoms in total. The van der Waals surface area contributed by atoms with E-state index in [-0.39, 0.29) is 11.7 Å². The third-order valence-electron chi connectivity index (χ3n) is 2.31. The van der Waals surface area contributed by atoms with Crippen LogP contribution in [0.2, 0.25) is 0 Å². The Hall–Kier alpha value is -1.51. The molecule has 0 radical (unpaired) electrons. The Morgan fingerprint density at radius 1 is 1.47 bits per heavy atom. The van der Waals surface area contributed by atoms with Crippen LogP contribution in [-0.4, -0.2) is 18.5 Å². The van der Waals surface area contributed by atoms with Crippen molar-refractivity contribution in [3.63, 3.8) is 0 Å². The molecule has 0 amide bonds. The molecule has 102 valence electrons. The van der Waals surface area contributed by atoms with E-state index in [4.69, 9.17) is 5.11 Å². The van der Waals surface area contributed by atoms with Gasteiger partial charge in [-0.15, -0.1) is 11.3 Å². The van der Waals surface area contributed by atoms with E-state index in [1.165, 1.54) is 6.07 Å². The number of hydrogen-bond donors (Lipinski definition) is 2. The average Bonchev–Trinajstić information content (AvgIpc) is 2.74. The van der Waals surface area contributed by atoms with Gasteiger partial charge in [0, 0.05) is 5.38 Å². The second kappa shape index (κ2) is 5.24. The van der Waals surface area contributed by atoms with E-state index in [9.17, 15) is 12.8 Å². The van der Waals surface area contributed by atoms with E-state index >= 15 is 0 Å². The third kappa shape index (κ3) is 3.09. The van der Waals surface area contributed by atoms with Crippen molar-refractivity contribution in [2.75, 3.05) is 4.72 Å². The lowest BCUT2D eigenvalue weighted by molar-refractivity contribution is 0.281. The van der Waals surface area contributed by atoms with Crippen molar-refractivity contribution < 1.29 is 17.9 Å². The van der Waals surface area contributed by atoms with Crippen LogP contribution in [0.15, 0.2) is 28.5 Å². The Balaban J connectivity index is 2.39. The molecular weight excluding hydrogens is 291 g/mol. The molecule has 0 saturated carbocycles. The number of nitrogens with one attached hydrogen (secondary N) is 1. The smallest absolute Gasteiger partial charge is 0.266 e. The number of aryl methyl sites for hydroxylation is 1. The highest BCUT2D eigenvalue weighted by Crippen LogP contribution is 2.22. The van der Waals surface area contributed by atoms with Crippen LogP contribution in [0.4, 0.5) is 9.52 Å². The van der Waals surface area contributed by atoms with E-state index in [1.807, 2.05) is 0 Å². The molecule has 2 N–H and O–H groups in total. The molecule has 0 bridgehead atoms. The molecule has 2 aromatic rings. The summed E-state index contributed by atoms with van der Waals surface area (Å²) in [6.45, 7) is 1.36. The molecule has 0 saturated heterocycles. The number of nitrogens with zero attached hydrogens (tertiary/aromatic N) is 1. The summed E-state index contributed by atoms with van der Waals surface area (Å²) in [6, 6.07) is 3.42. The minimum Gasteiger partial charge on any atom is -0.392 e. The van der Waals surface area contributed by atoms with Crippen molar-refractivity contribution in [3.05, 3.63) is 40.7 Å². The van der Waals surface area contributed by atoms with Gasteiger partial charge in [0.15, 0.2) is 5.13 Å². The van der Waals surface area contributed by atoms with E-state index < -0.39 is 20.7 Å². The van der Waals surface area contributed by atoms with Crippen LogP contribution >= 0.6 is 11.3 Å². The normalized spacial score (nSPS) is 11.5. The fourth-order valence-electron chi connectivity index (χ4n) is 1.42. The minimum absolute atomic E-state index is 0.173. The molecule has 0 fully saturated rings. The van der Waals surface area contributed by atoms with Gasteiger partial charge in [-0.1, -0.05) is 6.07 Å². The summed E-state index contributed by atoms with van der Waals surface area (Å²) < 4.78 is 39.9. The Morgan fingerprint density at radius 2 is 2.21 bits per heavy atom. The maximum atomic E-state index is 13.6. The first kappa shape index (κ1) is 13.9. The van der Waals surface area contributed by atoms with Crippen molar-refractivity contribution >= 4 is 26.5 Å². The molecule has 1 aromatic carbocycles. The molecule has 19 heavy (non-hydrogen) atoms. The first-order valence-corrected chi connectivity index (χ1v) is 7.63. The summed E-state index contributed by atoms with van der Waals surface area (Å²) in [4.78, 5) is 3.44. The average molecular weight is 302 g/mol. The molecule has 0 atom stereocenters. The number of rotatable bonds is 4. The number of aliphatic hydroxyl groups excluding tert-OH is 1. The van der Waals surface area contributed by atoms with Crippen molar-refractivity contribution in [3.8, 4) is 0 Å². The zero-order valence-corrected chi connectivity index (χ0v) is 11.6. The lowest BCUT2D eigenvalue weighted by Gasteiger charge is -2.07. The van der Waals surface area contributed by atoms with E-state index in [0.29, 0.717) is 11.3 Å². The maximum absolute atomic E-state index is 13.6. The number of anilines is 1. The van der Waals surface area contributed by atoms with Crippen LogP contribution in [0.3, 0.4) is 0 Å². The minimum atomic E-state index is -4.05. The summed E-state index contributed by atoms with van der Waals surface area (Å²) in [5, 5.41) is 10.8. The lowest BCUT2D eigenvalue weighted by atomic mass is 10.2. The predicted octanol–water partition coefficient (Wildman–Crippen LogP) is 1.88. The number of aliphatic hydroxyl groups is 1. The summed E-state index contributed by atoms with van der Waals surface area (Å²) in [5.41, 5.74) is 0.990. The molecule has 8 heteroatoms. The van der Waals surface area contributed by atoms with Gasteiger partial charge < -0.3 is 5.11 Å². The Bertz CT molecular complexity index is 698. The SMILES string of the molecule is Cc1csc(NS(=O)(=O)c2cc(CO)ccc2F)n1. The fourth-order valence-corrected chi connectivity index (χ4v) is 3.49. The van der Waals surface area contributed by atoms with Crippen LogP contribution in [0.1, 0.15) is 11.3 Å². The van der Waals surface area contributed by atoms with Gasteiger partial charge in [-0.05, 0) is 24.6 Å². The topological polar surface area (TPSA) is 79.3 Å². The fraction of sp³-hybridized carbons (Fsp3) is 0.182. The molecule has 0 spiro atoms. The van der Waals surface area contributed by atoms with Crippen LogP contribution in [0, 0.1) is 12.7 Å². The summed E-state index contributed by atoms with van der Waals surface area (Å²) in [7, 11) is -4.05. The van der Waals surface area contributed by atoms with Crippen LogP contribution < -0.4 is 4.72 Å². The van der Waals surface area contributed by atoms with Crippen molar-refractivity contribution in [2.24, 2.45) is 0 Å². The summed E-state index contributed by atoms with van der Waals surface area (Å²) in [5.74, 6) is -0.877. The standard InChI is InChI=1S/C11H11FN2O3S2/c1-7-6-18-11(13-7)14-19(16,17)10-4-8(5-15)2-3-9(10)12/h2-4,6,15H,5H2,1H3,(H,13,14). The zero-order valence-electron chi connectivity index (χ0n) is 9.92. The molecular formula is C11H11FN2O3S2. The first-order chi connectivity index (χ1) is 8.92. The molecule has 0 aliphatic heterocycles. The Labute approximate surface area is 113 Å². The summed E-state index contributed by atoms with van der Waals surface area (Å²) in [6.07, 6.45) is 0. The van der Waals surface area contributed by atoms with Crippen LogP contribution in [0.5, 0.6) is 0 Å². The summed E-state index contributed by atoms with van der Waals surface area (Å²) >= 11 is 1.11. The molecule has 0 unspecified atom stereocenters. The van der Waals surface area contributed by atoms with Crippen LogP contribution in [-0.2, 0) is 16.6 Å². The molecule has 1 aromatic heterocycles. The van der Waals surface area contributed by atoms with Gasteiger partial charge in [-0.2, -0.15) is 0 Å². The second-order valence-electron chi connectivity index (χ2n) is 3.82. The quantitative estimate of drug-likeness (QED) is 0.904. The van der Waals surface area contributed by atoms with Gasteiger partial charge in [-0.25, -0.2) is 17.8 Å². The van der Waals surface area contributed by atoms with Crippen molar-refractivity contribution in [1.29, 1.82) is 0 Å². The number of aromatic nitrogens is 1. The predicted molar refractivity (Wildman–Crippen MR) is 70.0 cm³/mol. The number of thiazole rings is 1. The van der Waals surface area contributed by atoms with Gasteiger partial charge in [-0.3, -0.25) is 4.72 Å². The molecule has 1 heterocycles. The van der Waals surface area contributed by atoms with Gasteiger partial charge in [0.1, 0.15) is 10.7 Å². The van der Waals surface area contributed by atoms with E-state index in [2.05, 4.69) is 9.71 Å². The highest BCUT2D eigenvalue weighted by molar-refractivity contribution is 7.93. The van der Waals surface area contributed by atoms with Gasteiger partial charge in [0.2, 0.25) is 0 Å². The van der Waals surface area contributed by atoms with Gasteiger partial charge in [0.25, 0.3) is 10.0 Å². The molecule has 2 rings (SSSR count). The second-order valence-corrected chi connectivity index (χ2v) is 6.33. The zero-order chi connectivity index (χ0) is 14.0. The Morgan fingerprint density at radius 3 is 2.79 bits per heavy atom. The highest BCUT2D eigenvalue weighted by Gasteiger charge is 2.20. The molecule has 0 aliphatic carbocycles. The van der Waals surface area contributed by atoms with Crippen molar-refractivity contribution in [2.45, 2.75) is 18.4 Å². The van der Waals surface area contributed by atoms with Crippen molar-refractivity contribution in [1.82, 2.24) is 4.98 Å².